The number of nitrogens with zero attached hydrogens (tertiary/aromatic N) is 1. The fourth-order valence-electron chi connectivity index (χ4n) is 2.16. The van der Waals surface area contributed by atoms with Gasteiger partial charge in [-0.2, -0.15) is 0 Å². The quantitative estimate of drug-likeness (QED) is 0.772. The van der Waals surface area contributed by atoms with Gasteiger partial charge in [0.05, 0.1) is 20.3 Å². The Morgan fingerprint density at radius 2 is 2.00 bits per heavy atom. The molecule has 122 valence electrons. The monoisotopic (exact) mass is 338 g/mol. The lowest BCUT2D eigenvalue weighted by Crippen LogP contribution is -2.40. The van der Waals surface area contributed by atoms with E-state index in [1.807, 2.05) is 12.1 Å². The highest BCUT2D eigenvalue weighted by Crippen LogP contribution is 2.28. The number of hydrogen-bond donors (Lipinski definition) is 2. The molecule has 0 radical (unpaired) electrons. The molecule has 5 nitrogen and oxygen atoms in total. The first-order valence-electron chi connectivity index (χ1n) is 6.67. The molecule has 1 fully saturated rings. The van der Waals surface area contributed by atoms with Crippen molar-refractivity contribution in [3.05, 3.63) is 23.8 Å². The molecule has 0 unspecified atom stereocenters. The lowest BCUT2D eigenvalue weighted by atomic mass is 10.2. The Labute approximate surface area is 138 Å². The zero-order chi connectivity index (χ0) is 13.5. The van der Waals surface area contributed by atoms with Crippen LogP contribution in [0.3, 0.4) is 0 Å². The lowest BCUT2D eigenvalue weighted by Gasteiger charge is -2.26. The van der Waals surface area contributed by atoms with E-state index in [4.69, 9.17) is 9.47 Å². The summed E-state index contributed by atoms with van der Waals surface area (Å²) < 4.78 is 10.4. The Morgan fingerprint density at radius 1 is 1.29 bits per heavy atom. The summed E-state index contributed by atoms with van der Waals surface area (Å²) in [6.45, 7) is 6.23. The summed E-state index contributed by atoms with van der Waals surface area (Å²) in [7, 11) is 1.56. The Balaban J connectivity index is 0.00000200. The van der Waals surface area contributed by atoms with E-state index in [0.717, 1.165) is 45.0 Å². The second kappa shape index (κ2) is 10.9. The van der Waals surface area contributed by atoms with Crippen LogP contribution in [0.25, 0.3) is 0 Å². The van der Waals surface area contributed by atoms with Crippen LogP contribution < -0.4 is 10.1 Å². The largest absolute Gasteiger partial charge is 0.504 e. The molecule has 1 saturated heterocycles. The zero-order valence-electron chi connectivity index (χ0n) is 12.2. The number of benzene rings is 1. The number of nitrogens with one attached hydrogen (secondary N) is 1. The number of methoxy groups -OCH3 is 1. The molecule has 0 aromatic heterocycles. The first kappa shape index (κ1) is 20.3. The molecule has 0 saturated carbocycles. The molecule has 1 aliphatic rings. The van der Waals surface area contributed by atoms with E-state index in [9.17, 15) is 5.11 Å². The Kier molecular flexibility index (Phi) is 10.6. The number of aromatic hydroxyl groups is 1. The van der Waals surface area contributed by atoms with E-state index in [-0.39, 0.29) is 30.6 Å². The minimum Gasteiger partial charge on any atom is -0.504 e. The third-order valence-corrected chi connectivity index (χ3v) is 3.33. The van der Waals surface area contributed by atoms with Gasteiger partial charge in [-0.15, -0.1) is 24.8 Å². The van der Waals surface area contributed by atoms with E-state index in [1.54, 1.807) is 13.2 Å². The predicted octanol–water partition coefficient (Wildman–Crippen LogP) is 1.67. The molecule has 7 heteroatoms. The van der Waals surface area contributed by atoms with Crippen molar-refractivity contribution in [3.63, 3.8) is 0 Å². The van der Waals surface area contributed by atoms with Crippen molar-refractivity contribution in [1.82, 2.24) is 10.2 Å². The van der Waals surface area contributed by atoms with Crippen LogP contribution in [0.1, 0.15) is 5.56 Å². The second-order valence-corrected chi connectivity index (χ2v) is 4.60. The smallest absolute Gasteiger partial charge is 0.162 e. The summed E-state index contributed by atoms with van der Waals surface area (Å²) in [5.74, 6) is 0.747. The number of phenolic OH excluding ortho intramolecular Hbond substituents is 1. The SMILES string of the molecule is COc1cccc(CNCCN2CCOCC2)c1O.Cl.Cl. The van der Waals surface area contributed by atoms with Gasteiger partial charge in [0.15, 0.2) is 11.5 Å². The molecular weight excluding hydrogens is 315 g/mol. The Hall–Kier alpha value is -0.720. The van der Waals surface area contributed by atoms with E-state index in [2.05, 4.69) is 10.2 Å². The lowest BCUT2D eigenvalue weighted by molar-refractivity contribution is 0.0384. The molecule has 2 rings (SSSR count). The van der Waals surface area contributed by atoms with Gasteiger partial charge in [0.2, 0.25) is 0 Å². The van der Waals surface area contributed by atoms with Crippen LogP contribution in [0.2, 0.25) is 0 Å². The molecule has 0 amide bonds. The van der Waals surface area contributed by atoms with E-state index < -0.39 is 0 Å². The van der Waals surface area contributed by atoms with Crippen molar-refractivity contribution >= 4 is 24.8 Å². The summed E-state index contributed by atoms with van der Waals surface area (Å²) in [4.78, 5) is 2.38. The van der Waals surface area contributed by atoms with Crippen molar-refractivity contribution in [3.8, 4) is 11.5 Å². The van der Waals surface area contributed by atoms with E-state index in [1.165, 1.54) is 0 Å². The predicted molar refractivity (Wildman–Crippen MR) is 88.1 cm³/mol. The average Bonchev–Trinajstić information content (AvgIpc) is 2.46. The summed E-state index contributed by atoms with van der Waals surface area (Å²) in [6.07, 6.45) is 0. The molecule has 0 aliphatic carbocycles. The van der Waals surface area contributed by atoms with E-state index in [0.29, 0.717) is 12.3 Å². The molecule has 0 spiro atoms. The number of halogens is 2. The summed E-state index contributed by atoms with van der Waals surface area (Å²) in [5, 5.41) is 13.3. The first-order valence-corrected chi connectivity index (χ1v) is 6.67. The number of rotatable bonds is 6. The van der Waals surface area contributed by atoms with Gasteiger partial charge in [0.25, 0.3) is 0 Å². The second-order valence-electron chi connectivity index (χ2n) is 4.60. The molecule has 1 heterocycles. The molecule has 2 N–H and O–H groups in total. The fourth-order valence-corrected chi connectivity index (χ4v) is 2.16. The molecule has 0 bridgehead atoms. The summed E-state index contributed by atoms with van der Waals surface area (Å²) in [6, 6.07) is 5.55. The van der Waals surface area contributed by atoms with Crippen molar-refractivity contribution < 1.29 is 14.6 Å². The van der Waals surface area contributed by atoms with Crippen LogP contribution in [-0.4, -0.2) is 56.5 Å². The molecular formula is C14H24Cl2N2O3. The van der Waals surface area contributed by atoms with Gasteiger partial charge in [-0.25, -0.2) is 0 Å². The zero-order valence-corrected chi connectivity index (χ0v) is 13.8. The minimum atomic E-state index is 0. The van der Waals surface area contributed by atoms with Gasteiger partial charge >= 0.3 is 0 Å². The molecule has 21 heavy (non-hydrogen) atoms. The average molecular weight is 339 g/mol. The number of para-hydroxylation sites is 1. The first-order chi connectivity index (χ1) is 9.31. The molecule has 1 aromatic carbocycles. The third-order valence-electron chi connectivity index (χ3n) is 3.33. The van der Waals surface area contributed by atoms with Crippen molar-refractivity contribution in [1.29, 1.82) is 0 Å². The highest BCUT2D eigenvalue weighted by molar-refractivity contribution is 5.85. The number of phenols is 1. The fraction of sp³-hybridized carbons (Fsp3) is 0.571. The maximum absolute atomic E-state index is 9.94. The highest BCUT2D eigenvalue weighted by Gasteiger charge is 2.10. The molecule has 1 aliphatic heterocycles. The normalized spacial score (nSPS) is 14.9. The van der Waals surface area contributed by atoms with Gasteiger partial charge in [-0.3, -0.25) is 4.90 Å². The Bertz CT molecular complexity index is 402. The van der Waals surface area contributed by atoms with Crippen LogP contribution in [0.15, 0.2) is 18.2 Å². The standard InChI is InChI=1S/C14H22N2O3.2ClH/c1-18-13-4-2-3-12(14(13)17)11-15-5-6-16-7-9-19-10-8-16;;/h2-4,15,17H,5-11H2,1H3;2*1H. The van der Waals surface area contributed by atoms with E-state index >= 15 is 0 Å². The summed E-state index contributed by atoms with van der Waals surface area (Å²) >= 11 is 0. The van der Waals surface area contributed by atoms with Crippen molar-refractivity contribution in [2.24, 2.45) is 0 Å². The maximum Gasteiger partial charge on any atom is 0.162 e. The summed E-state index contributed by atoms with van der Waals surface area (Å²) in [5.41, 5.74) is 0.862. The number of morpholine rings is 1. The van der Waals surface area contributed by atoms with Crippen LogP contribution in [0.4, 0.5) is 0 Å². The minimum absolute atomic E-state index is 0. The Morgan fingerprint density at radius 3 is 2.67 bits per heavy atom. The maximum atomic E-state index is 9.94. The van der Waals surface area contributed by atoms with Crippen molar-refractivity contribution in [2.45, 2.75) is 6.54 Å². The van der Waals surface area contributed by atoms with Crippen LogP contribution >= 0.6 is 24.8 Å². The highest BCUT2D eigenvalue weighted by atomic mass is 35.5. The van der Waals surface area contributed by atoms with Gasteiger partial charge < -0.3 is 19.9 Å². The van der Waals surface area contributed by atoms with Crippen LogP contribution in [0.5, 0.6) is 11.5 Å². The van der Waals surface area contributed by atoms with Gasteiger partial charge in [0, 0.05) is 38.3 Å². The molecule has 0 atom stereocenters. The van der Waals surface area contributed by atoms with Gasteiger partial charge in [-0.1, -0.05) is 12.1 Å². The van der Waals surface area contributed by atoms with Gasteiger partial charge in [0.1, 0.15) is 0 Å². The number of ether oxygens (including phenoxy) is 2. The van der Waals surface area contributed by atoms with Crippen molar-refractivity contribution in [2.75, 3.05) is 46.5 Å². The topological polar surface area (TPSA) is 54.0 Å². The van der Waals surface area contributed by atoms with Gasteiger partial charge in [-0.05, 0) is 6.07 Å². The van der Waals surface area contributed by atoms with Crippen LogP contribution in [-0.2, 0) is 11.3 Å². The number of hydrogen-bond acceptors (Lipinski definition) is 5. The van der Waals surface area contributed by atoms with Crippen LogP contribution in [0, 0.1) is 0 Å². The molecule has 1 aromatic rings. The third kappa shape index (κ3) is 6.28.